The second-order valence-electron chi connectivity index (χ2n) is 6.38. The van der Waals surface area contributed by atoms with E-state index >= 15 is 0 Å². The Bertz CT molecular complexity index is 434. The molecule has 0 bridgehead atoms. The van der Waals surface area contributed by atoms with Crippen LogP contribution in [0.2, 0.25) is 0 Å². The van der Waals surface area contributed by atoms with E-state index in [0.717, 1.165) is 37.8 Å². The van der Waals surface area contributed by atoms with Gasteiger partial charge in [-0.15, -0.1) is 0 Å². The molecule has 0 nitrogen and oxygen atoms in total. The molecule has 1 aromatic carbocycles. The van der Waals surface area contributed by atoms with Crippen molar-refractivity contribution < 1.29 is 13.2 Å². The topological polar surface area (TPSA) is 0 Å². The third-order valence-corrected chi connectivity index (χ3v) is 5.00. The predicted molar refractivity (Wildman–Crippen MR) is 70.5 cm³/mol. The first-order valence-electron chi connectivity index (χ1n) is 6.98. The highest BCUT2D eigenvalue weighted by Gasteiger charge is 2.34. The molecule has 1 saturated carbocycles. The Balaban J connectivity index is 2.14. The van der Waals surface area contributed by atoms with Crippen LogP contribution >= 0.6 is 0 Å². The number of halogens is 3. The minimum Gasteiger partial charge on any atom is -0.204 e. The van der Waals surface area contributed by atoms with Gasteiger partial charge >= 0.3 is 0 Å². The Hall–Kier alpha value is -0.990. The lowest BCUT2D eigenvalue weighted by molar-refractivity contribution is 0.131. The monoisotopic (exact) mass is 270 g/mol. The predicted octanol–water partition coefficient (Wildman–Crippen LogP) is 5.42. The maximum Gasteiger partial charge on any atom is 0.194 e. The summed E-state index contributed by atoms with van der Waals surface area (Å²) in [5.74, 6) is -2.77. The molecule has 0 heterocycles. The molecule has 2 rings (SSSR count). The third kappa shape index (κ3) is 2.80. The van der Waals surface area contributed by atoms with E-state index in [0.29, 0.717) is 16.9 Å². The summed E-state index contributed by atoms with van der Waals surface area (Å²) < 4.78 is 39.5. The molecule has 0 aromatic heterocycles. The summed E-state index contributed by atoms with van der Waals surface area (Å²) in [4.78, 5) is 0. The van der Waals surface area contributed by atoms with Crippen LogP contribution in [-0.2, 0) is 0 Å². The largest absolute Gasteiger partial charge is 0.204 e. The van der Waals surface area contributed by atoms with Gasteiger partial charge in [-0.05, 0) is 60.6 Å². The standard InChI is InChI=1S/C16H21F3/c1-10(2)16(3)6-4-11(5-7-16)12-8-13(17)15(19)14(18)9-12/h8-11H,4-7H2,1-3H3. The molecule has 1 fully saturated rings. The smallest absolute Gasteiger partial charge is 0.194 e. The Morgan fingerprint density at radius 2 is 1.53 bits per heavy atom. The molecular weight excluding hydrogens is 249 g/mol. The summed E-state index contributed by atoms with van der Waals surface area (Å²) in [5, 5.41) is 0. The van der Waals surface area contributed by atoms with E-state index in [-0.39, 0.29) is 5.92 Å². The van der Waals surface area contributed by atoms with Crippen LogP contribution in [0.25, 0.3) is 0 Å². The van der Waals surface area contributed by atoms with Crippen molar-refractivity contribution in [3.8, 4) is 0 Å². The van der Waals surface area contributed by atoms with Gasteiger partial charge in [0.05, 0.1) is 0 Å². The summed E-state index contributed by atoms with van der Waals surface area (Å²) in [5.41, 5.74) is 0.912. The molecule has 0 saturated heterocycles. The lowest BCUT2D eigenvalue weighted by atomic mass is 9.65. The molecule has 0 aliphatic heterocycles. The summed E-state index contributed by atoms with van der Waals surface area (Å²) in [6.45, 7) is 6.72. The molecule has 19 heavy (non-hydrogen) atoms. The van der Waals surface area contributed by atoms with Crippen LogP contribution in [0.3, 0.4) is 0 Å². The van der Waals surface area contributed by atoms with Gasteiger partial charge in [-0.25, -0.2) is 13.2 Å². The molecule has 3 heteroatoms. The number of hydrogen-bond donors (Lipinski definition) is 0. The SMILES string of the molecule is CC(C)C1(C)CCC(c2cc(F)c(F)c(F)c2)CC1. The number of benzene rings is 1. The van der Waals surface area contributed by atoms with E-state index < -0.39 is 17.5 Å². The van der Waals surface area contributed by atoms with Gasteiger partial charge in [0.15, 0.2) is 17.5 Å². The maximum absolute atomic E-state index is 13.3. The van der Waals surface area contributed by atoms with Gasteiger partial charge in [0.25, 0.3) is 0 Å². The zero-order valence-corrected chi connectivity index (χ0v) is 11.8. The molecular formula is C16H21F3. The fourth-order valence-corrected chi connectivity index (χ4v) is 3.00. The average molecular weight is 270 g/mol. The summed E-state index contributed by atoms with van der Waals surface area (Å²) in [6.07, 6.45) is 3.93. The van der Waals surface area contributed by atoms with Gasteiger partial charge in [0.1, 0.15) is 0 Å². The van der Waals surface area contributed by atoms with Gasteiger partial charge < -0.3 is 0 Å². The van der Waals surface area contributed by atoms with Crippen LogP contribution in [0.4, 0.5) is 13.2 Å². The Morgan fingerprint density at radius 1 is 1.05 bits per heavy atom. The molecule has 0 N–H and O–H groups in total. The molecule has 0 radical (unpaired) electrons. The van der Waals surface area contributed by atoms with Crippen LogP contribution in [0.15, 0.2) is 12.1 Å². The van der Waals surface area contributed by atoms with Crippen LogP contribution < -0.4 is 0 Å². The van der Waals surface area contributed by atoms with E-state index in [1.807, 2.05) is 0 Å². The lowest BCUT2D eigenvalue weighted by Crippen LogP contribution is -2.28. The van der Waals surface area contributed by atoms with Gasteiger partial charge in [-0.3, -0.25) is 0 Å². The summed E-state index contributed by atoms with van der Waals surface area (Å²) in [6, 6.07) is 2.31. The van der Waals surface area contributed by atoms with Crippen LogP contribution in [0.5, 0.6) is 0 Å². The molecule has 1 aliphatic carbocycles. The van der Waals surface area contributed by atoms with Crippen molar-refractivity contribution >= 4 is 0 Å². The average Bonchev–Trinajstić information content (AvgIpc) is 2.36. The van der Waals surface area contributed by atoms with Gasteiger partial charge in [-0.1, -0.05) is 20.8 Å². The highest BCUT2D eigenvalue weighted by atomic mass is 19.2. The molecule has 0 amide bonds. The zero-order valence-electron chi connectivity index (χ0n) is 11.8. The molecule has 0 atom stereocenters. The molecule has 1 aliphatic rings. The molecule has 0 unspecified atom stereocenters. The van der Waals surface area contributed by atoms with Gasteiger partial charge in [0.2, 0.25) is 0 Å². The van der Waals surface area contributed by atoms with E-state index in [1.54, 1.807) is 0 Å². The van der Waals surface area contributed by atoms with Crippen LogP contribution in [0, 0.1) is 28.8 Å². The Morgan fingerprint density at radius 3 is 1.95 bits per heavy atom. The van der Waals surface area contributed by atoms with Gasteiger partial charge in [0, 0.05) is 0 Å². The third-order valence-electron chi connectivity index (χ3n) is 5.00. The van der Waals surface area contributed by atoms with Crippen molar-refractivity contribution in [2.24, 2.45) is 11.3 Å². The quantitative estimate of drug-likeness (QED) is 0.629. The Kier molecular flexibility index (Phi) is 3.93. The van der Waals surface area contributed by atoms with Crippen molar-refractivity contribution in [1.82, 2.24) is 0 Å². The minimum atomic E-state index is -1.37. The second-order valence-corrected chi connectivity index (χ2v) is 6.38. The van der Waals surface area contributed by atoms with Crippen LogP contribution in [0.1, 0.15) is 57.9 Å². The van der Waals surface area contributed by atoms with Crippen molar-refractivity contribution in [1.29, 1.82) is 0 Å². The highest BCUT2D eigenvalue weighted by Crippen LogP contribution is 2.47. The van der Waals surface area contributed by atoms with Crippen molar-refractivity contribution in [3.63, 3.8) is 0 Å². The van der Waals surface area contributed by atoms with E-state index in [9.17, 15) is 13.2 Å². The van der Waals surface area contributed by atoms with Crippen molar-refractivity contribution in [2.45, 2.75) is 52.4 Å². The Labute approximate surface area is 113 Å². The van der Waals surface area contributed by atoms with Crippen molar-refractivity contribution in [2.75, 3.05) is 0 Å². The fraction of sp³-hybridized carbons (Fsp3) is 0.625. The minimum absolute atomic E-state index is 0.149. The highest BCUT2D eigenvalue weighted by molar-refractivity contribution is 5.23. The molecule has 1 aromatic rings. The fourth-order valence-electron chi connectivity index (χ4n) is 3.00. The first kappa shape index (κ1) is 14.4. The summed E-state index contributed by atoms with van der Waals surface area (Å²) >= 11 is 0. The van der Waals surface area contributed by atoms with E-state index in [4.69, 9.17) is 0 Å². The molecule has 106 valence electrons. The molecule has 0 spiro atoms. The number of rotatable bonds is 2. The zero-order chi connectivity index (χ0) is 14.2. The second kappa shape index (κ2) is 5.18. The van der Waals surface area contributed by atoms with E-state index in [1.165, 1.54) is 0 Å². The normalized spacial score (nSPS) is 27.8. The first-order valence-corrected chi connectivity index (χ1v) is 6.98. The first-order chi connectivity index (χ1) is 8.83. The summed E-state index contributed by atoms with van der Waals surface area (Å²) in [7, 11) is 0. The maximum atomic E-state index is 13.3. The van der Waals surface area contributed by atoms with Crippen molar-refractivity contribution in [3.05, 3.63) is 35.1 Å². The number of hydrogen-bond acceptors (Lipinski definition) is 0. The van der Waals surface area contributed by atoms with E-state index in [2.05, 4.69) is 20.8 Å². The van der Waals surface area contributed by atoms with Gasteiger partial charge in [-0.2, -0.15) is 0 Å². The lowest BCUT2D eigenvalue weighted by Gasteiger charge is -2.40. The van der Waals surface area contributed by atoms with Crippen LogP contribution in [-0.4, -0.2) is 0 Å².